The molecular weight excluding hydrogens is 278 g/mol. The number of rotatable bonds is 7. The normalized spacial score (nSPS) is 22.4. The first-order valence-corrected chi connectivity index (χ1v) is 8.89. The van der Waals surface area contributed by atoms with Gasteiger partial charge in [0, 0.05) is 25.2 Å². The Morgan fingerprint density at radius 2 is 2.05 bits per heavy atom. The molecule has 2 rings (SSSR count). The van der Waals surface area contributed by atoms with E-state index >= 15 is 0 Å². The third-order valence-electron chi connectivity index (χ3n) is 4.17. The monoisotopic (exact) mass is 311 g/mol. The zero-order chi connectivity index (χ0) is 16.0. The first-order valence-electron chi connectivity index (χ1n) is 8.89. The second-order valence-electron chi connectivity index (χ2n) is 7.61. The van der Waals surface area contributed by atoms with E-state index in [2.05, 4.69) is 10.6 Å². The van der Waals surface area contributed by atoms with E-state index in [-0.39, 0.29) is 6.09 Å². The predicted octanol–water partition coefficient (Wildman–Crippen LogP) is 2.51. The SMILES string of the molecule is CC(C)(C)OC(=O)N(CCCNCC1CCCCN1)C1CC1. The van der Waals surface area contributed by atoms with Crippen molar-refractivity contribution in [1.29, 1.82) is 0 Å². The maximum absolute atomic E-state index is 12.2. The number of ether oxygens (including phenoxy) is 1. The smallest absolute Gasteiger partial charge is 0.410 e. The Morgan fingerprint density at radius 3 is 2.64 bits per heavy atom. The quantitative estimate of drug-likeness (QED) is 0.709. The number of carbonyl (C=O) groups excluding carboxylic acids is 1. The van der Waals surface area contributed by atoms with E-state index in [1.165, 1.54) is 19.3 Å². The van der Waals surface area contributed by atoms with Crippen LogP contribution in [-0.2, 0) is 4.74 Å². The molecule has 1 saturated carbocycles. The highest BCUT2D eigenvalue weighted by Crippen LogP contribution is 2.28. The van der Waals surface area contributed by atoms with Crippen LogP contribution in [0.15, 0.2) is 0 Å². The molecule has 128 valence electrons. The van der Waals surface area contributed by atoms with Crippen molar-refractivity contribution in [3.05, 3.63) is 0 Å². The van der Waals surface area contributed by atoms with Gasteiger partial charge in [-0.15, -0.1) is 0 Å². The van der Waals surface area contributed by atoms with E-state index in [0.29, 0.717) is 12.1 Å². The van der Waals surface area contributed by atoms with Crippen molar-refractivity contribution in [2.24, 2.45) is 0 Å². The number of carbonyl (C=O) groups is 1. The van der Waals surface area contributed by atoms with Gasteiger partial charge in [0.2, 0.25) is 0 Å². The minimum Gasteiger partial charge on any atom is -0.444 e. The highest BCUT2D eigenvalue weighted by molar-refractivity contribution is 5.69. The molecule has 22 heavy (non-hydrogen) atoms. The van der Waals surface area contributed by atoms with Gasteiger partial charge in [-0.05, 0) is 66.0 Å². The Labute approximate surface area is 135 Å². The zero-order valence-corrected chi connectivity index (χ0v) is 14.5. The van der Waals surface area contributed by atoms with E-state index in [9.17, 15) is 4.79 Å². The summed E-state index contributed by atoms with van der Waals surface area (Å²) >= 11 is 0. The number of nitrogens with zero attached hydrogens (tertiary/aromatic N) is 1. The van der Waals surface area contributed by atoms with Crippen LogP contribution in [0.1, 0.15) is 59.3 Å². The van der Waals surface area contributed by atoms with Crippen molar-refractivity contribution in [1.82, 2.24) is 15.5 Å². The molecule has 2 N–H and O–H groups in total. The molecule has 5 heteroatoms. The highest BCUT2D eigenvalue weighted by Gasteiger charge is 2.34. The fourth-order valence-corrected chi connectivity index (χ4v) is 2.88. The van der Waals surface area contributed by atoms with E-state index in [0.717, 1.165) is 45.4 Å². The van der Waals surface area contributed by atoms with Crippen LogP contribution in [0.3, 0.4) is 0 Å². The average molecular weight is 311 g/mol. The third kappa shape index (κ3) is 6.53. The summed E-state index contributed by atoms with van der Waals surface area (Å²) in [4.78, 5) is 14.1. The summed E-state index contributed by atoms with van der Waals surface area (Å²) in [7, 11) is 0. The molecule has 1 heterocycles. The van der Waals surface area contributed by atoms with Gasteiger partial charge < -0.3 is 20.3 Å². The Hall–Kier alpha value is -0.810. The van der Waals surface area contributed by atoms with E-state index in [4.69, 9.17) is 4.74 Å². The maximum atomic E-state index is 12.2. The van der Waals surface area contributed by atoms with E-state index < -0.39 is 5.60 Å². The molecule has 2 aliphatic rings. The van der Waals surface area contributed by atoms with Crippen LogP contribution in [0.2, 0.25) is 0 Å². The molecule has 0 aromatic rings. The largest absolute Gasteiger partial charge is 0.444 e. The molecule has 1 amide bonds. The molecule has 1 aliphatic carbocycles. The molecule has 0 spiro atoms. The minimum absolute atomic E-state index is 0.149. The summed E-state index contributed by atoms with van der Waals surface area (Å²) in [5, 5.41) is 7.06. The molecule has 5 nitrogen and oxygen atoms in total. The molecule has 0 aromatic heterocycles. The van der Waals surface area contributed by atoms with Gasteiger partial charge in [-0.3, -0.25) is 0 Å². The number of hydrogen-bond acceptors (Lipinski definition) is 4. The van der Waals surface area contributed by atoms with Gasteiger partial charge in [0.15, 0.2) is 0 Å². The predicted molar refractivity (Wildman–Crippen MR) is 89.1 cm³/mol. The first kappa shape index (κ1) is 17.5. The van der Waals surface area contributed by atoms with Crippen LogP contribution < -0.4 is 10.6 Å². The molecule has 1 saturated heterocycles. The van der Waals surface area contributed by atoms with Crippen molar-refractivity contribution in [3.63, 3.8) is 0 Å². The second kappa shape index (κ2) is 8.16. The molecule has 1 atom stereocenters. The molecule has 2 fully saturated rings. The summed E-state index contributed by atoms with van der Waals surface area (Å²) in [5.74, 6) is 0. The zero-order valence-electron chi connectivity index (χ0n) is 14.5. The van der Waals surface area contributed by atoms with Gasteiger partial charge in [0.05, 0.1) is 0 Å². The average Bonchev–Trinajstić information content (AvgIpc) is 3.26. The lowest BCUT2D eigenvalue weighted by atomic mass is 10.1. The van der Waals surface area contributed by atoms with Crippen LogP contribution in [0.4, 0.5) is 4.79 Å². The van der Waals surface area contributed by atoms with Crippen molar-refractivity contribution in [2.75, 3.05) is 26.2 Å². The fourth-order valence-electron chi connectivity index (χ4n) is 2.88. The van der Waals surface area contributed by atoms with Crippen LogP contribution in [0.5, 0.6) is 0 Å². The molecule has 0 bridgehead atoms. The van der Waals surface area contributed by atoms with Crippen LogP contribution in [0.25, 0.3) is 0 Å². The van der Waals surface area contributed by atoms with Gasteiger partial charge in [0.1, 0.15) is 5.60 Å². The second-order valence-corrected chi connectivity index (χ2v) is 7.61. The Bertz CT molecular complexity index is 344. The Kier molecular flexibility index (Phi) is 6.50. The molecule has 1 aliphatic heterocycles. The standard InChI is InChI=1S/C17H33N3O2/c1-17(2,3)22-16(21)20(15-8-9-15)12-6-10-18-13-14-7-4-5-11-19-14/h14-15,18-19H,4-13H2,1-3H3. The fraction of sp³-hybridized carbons (Fsp3) is 0.941. The molecule has 0 aromatic carbocycles. The minimum atomic E-state index is -0.408. The topological polar surface area (TPSA) is 53.6 Å². The van der Waals surface area contributed by atoms with Crippen LogP contribution >= 0.6 is 0 Å². The summed E-state index contributed by atoms with van der Waals surface area (Å²) < 4.78 is 5.51. The summed E-state index contributed by atoms with van der Waals surface area (Å²) in [6.45, 7) is 9.73. The summed E-state index contributed by atoms with van der Waals surface area (Å²) in [5.41, 5.74) is -0.408. The number of nitrogens with one attached hydrogen (secondary N) is 2. The van der Waals surface area contributed by atoms with Crippen molar-refractivity contribution in [3.8, 4) is 0 Å². The maximum Gasteiger partial charge on any atom is 0.410 e. The lowest BCUT2D eigenvalue weighted by Crippen LogP contribution is -2.43. The number of amides is 1. The van der Waals surface area contributed by atoms with Gasteiger partial charge in [-0.1, -0.05) is 6.42 Å². The summed E-state index contributed by atoms with van der Waals surface area (Å²) in [6.07, 6.45) is 7.01. The lowest BCUT2D eigenvalue weighted by Gasteiger charge is -2.27. The van der Waals surface area contributed by atoms with Gasteiger partial charge in [0.25, 0.3) is 0 Å². The molecule has 1 unspecified atom stereocenters. The van der Waals surface area contributed by atoms with Crippen molar-refractivity contribution in [2.45, 2.75) is 77.0 Å². The van der Waals surface area contributed by atoms with Crippen LogP contribution in [-0.4, -0.2) is 54.9 Å². The van der Waals surface area contributed by atoms with Gasteiger partial charge in [-0.2, -0.15) is 0 Å². The molecule has 0 radical (unpaired) electrons. The van der Waals surface area contributed by atoms with Crippen LogP contribution in [0, 0.1) is 0 Å². The first-order chi connectivity index (χ1) is 10.5. The Morgan fingerprint density at radius 1 is 1.27 bits per heavy atom. The number of piperidine rings is 1. The van der Waals surface area contributed by atoms with Crippen molar-refractivity contribution >= 4 is 6.09 Å². The molecular formula is C17H33N3O2. The van der Waals surface area contributed by atoms with E-state index in [1.54, 1.807) is 0 Å². The van der Waals surface area contributed by atoms with E-state index in [1.807, 2.05) is 25.7 Å². The van der Waals surface area contributed by atoms with Crippen molar-refractivity contribution < 1.29 is 9.53 Å². The number of hydrogen-bond donors (Lipinski definition) is 2. The summed E-state index contributed by atoms with van der Waals surface area (Å²) in [6, 6.07) is 1.04. The third-order valence-corrected chi connectivity index (χ3v) is 4.17. The highest BCUT2D eigenvalue weighted by atomic mass is 16.6. The Balaban J connectivity index is 1.61. The van der Waals surface area contributed by atoms with Gasteiger partial charge >= 0.3 is 6.09 Å². The van der Waals surface area contributed by atoms with Gasteiger partial charge in [-0.25, -0.2) is 4.79 Å². The lowest BCUT2D eigenvalue weighted by molar-refractivity contribution is 0.0232.